The SMILES string of the molecule is COc1ccc(Cl)cc1CN1CCCC(C(N)=NO)C1. The van der Waals surface area contributed by atoms with Gasteiger partial charge in [-0.2, -0.15) is 0 Å². The van der Waals surface area contributed by atoms with Gasteiger partial charge in [-0.05, 0) is 37.6 Å². The fraction of sp³-hybridized carbons (Fsp3) is 0.500. The summed E-state index contributed by atoms with van der Waals surface area (Å²) in [6.45, 7) is 2.52. The molecule has 0 aliphatic carbocycles. The first kappa shape index (κ1) is 14.9. The van der Waals surface area contributed by atoms with Gasteiger partial charge in [0.25, 0.3) is 0 Å². The van der Waals surface area contributed by atoms with Crippen molar-refractivity contribution in [1.29, 1.82) is 0 Å². The van der Waals surface area contributed by atoms with Crippen LogP contribution < -0.4 is 10.5 Å². The maximum Gasteiger partial charge on any atom is 0.143 e. The Morgan fingerprint density at radius 2 is 2.40 bits per heavy atom. The molecule has 1 aliphatic rings. The van der Waals surface area contributed by atoms with E-state index in [0.29, 0.717) is 10.9 Å². The average Bonchev–Trinajstić information content (AvgIpc) is 2.47. The Balaban J connectivity index is 2.08. The Morgan fingerprint density at radius 1 is 1.60 bits per heavy atom. The van der Waals surface area contributed by atoms with Gasteiger partial charge in [0, 0.05) is 29.6 Å². The molecule has 1 aromatic carbocycles. The normalized spacial score (nSPS) is 20.9. The molecule has 1 unspecified atom stereocenters. The molecule has 110 valence electrons. The van der Waals surface area contributed by atoms with Crippen molar-refractivity contribution in [1.82, 2.24) is 4.90 Å². The van der Waals surface area contributed by atoms with E-state index in [-0.39, 0.29) is 5.92 Å². The molecule has 20 heavy (non-hydrogen) atoms. The summed E-state index contributed by atoms with van der Waals surface area (Å²) in [4.78, 5) is 2.28. The van der Waals surface area contributed by atoms with Crippen LogP contribution in [0.15, 0.2) is 23.4 Å². The summed E-state index contributed by atoms with van der Waals surface area (Å²) in [7, 11) is 1.65. The van der Waals surface area contributed by atoms with E-state index in [1.807, 2.05) is 18.2 Å². The number of rotatable bonds is 4. The fourth-order valence-corrected chi connectivity index (χ4v) is 2.83. The van der Waals surface area contributed by atoms with Crippen molar-refractivity contribution >= 4 is 17.4 Å². The van der Waals surface area contributed by atoms with Gasteiger partial charge in [0.2, 0.25) is 0 Å². The number of benzene rings is 1. The summed E-state index contributed by atoms with van der Waals surface area (Å²) >= 11 is 6.05. The Hall–Kier alpha value is -1.46. The van der Waals surface area contributed by atoms with Crippen molar-refractivity contribution in [3.8, 4) is 5.75 Å². The van der Waals surface area contributed by atoms with E-state index in [9.17, 15) is 0 Å². The molecule has 1 aliphatic heterocycles. The molecule has 0 amide bonds. The molecule has 1 aromatic rings. The number of piperidine rings is 1. The number of methoxy groups -OCH3 is 1. The Labute approximate surface area is 124 Å². The van der Waals surface area contributed by atoms with Crippen LogP contribution in [0, 0.1) is 5.92 Å². The third-order valence-corrected chi connectivity index (χ3v) is 3.91. The fourth-order valence-electron chi connectivity index (χ4n) is 2.63. The zero-order valence-corrected chi connectivity index (χ0v) is 12.3. The van der Waals surface area contributed by atoms with Gasteiger partial charge in [0.15, 0.2) is 0 Å². The molecule has 0 spiro atoms. The number of halogens is 1. The second kappa shape index (κ2) is 6.81. The van der Waals surface area contributed by atoms with Crippen molar-refractivity contribution in [3.63, 3.8) is 0 Å². The van der Waals surface area contributed by atoms with Crippen LogP contribution in [0.3, 0.4) is 0 Å². The number of nitrogens with two attached hydrogens (primary N) is 1. The number of oxime groups is 1. The van der Waals surface area contributed by atoms with Crippen LogP contribution in [0.2, 0.25) is 5.02 Å². The minimum absolute atomic E-state index is 0.110. The molecule has 0 aromatic heterocycles. The van der Waals surface area contributed by atoms with Crippen molar-refractivity contribution in [3.05, 3.63) is 28.8 Å². The zero-order chi connectivity index (χ0) is 14.5. The highest BCUT2D eigenvalue weighted by Crippen LogP contribution is 2.26. The largest absolute Gasteiger partial charge is 0.496 e. The number of hydrogen-bond donors (Lipinski definition) is 2. The van der Waals surface area contributed by atoms with Gasteiger partial charge in [0.05, 0.1) is 7.11 Å². The minimum Gasteiger partial charge on any atom is -0.496 e. The van der Waals surface area contributed by atoms with E-state index in [2.05, 4.69) is 10.1 Å². The summed E-state index contributed by atoms with van der Waals surface area (Å²) in [6, 6.07) is 5.62. The van der Waals surface area contributed by atoms with Gasteiger partial charge in [-0.3, -0.25) is 4.90 Å². The molecule has 3 N–H and O–H groups in total. The molecule has 6 heteroatoms. The van der Waals surface area contributed by atoms with Gasteiger partial charge in [-0.15, -0.1) is 0 Å². The molecule has 0 radical (unpaired) electrons. The lowest BCUT2D eigenvalue weighted by Gasteiger charge is -2.32. The van der Waals surface area contributed by atoms with Crippen LogP contribution in [0.4, 0.5) is 0 Å². The minimum atomic E-state index is 0.110. The Morgan fingerprint density at radius 3 is 3.10 bits per heavy atom. The third-order valence-electron chi connectivity index (χ3n) is 3.68. The van der Waals surface area contributed by atoms with Gasteiger partial charge in [0.1, 0.15) is 11.6 Å². The van der Waals surface area contributed by atoms with Crippen LogP contribution in [-0.4, -0.2) is 36.1 Å². The topological polar surface area (TPSA) is 71.1 Å². The van der Waals surface area contributed by atoms with Crippen molar-refractivity contribution in [2.75, 3.05) is 20.2 Å². The smallest absolute Gasteiger partial charge is 0.143 e. The summed E-state index contributed by atoms with van der Waals surface area (Å²) < 4.78 is 5.36. The van der Waals surface area contributed by atoms with Crippen LogP contribution in [0.5, 0.6) is 5.75 Å². The number of likely N-dealkylation sites (tertiary alicyclic amines) is 1. The summed E-state index contributed by atoms with van der Waals surface area (Å²) in [5.41, 5.74) is 6.77. The summed E-state index contributed by atoms with van der Waals surface area (Å²) in [6.07, 6.45) is 1.99. The predicted octanol–water partition coefficient (Wildman–Crippen LogP) is 2.31. The number of nitrogens with zero attached hydrogens (tertiary/aromatic N) is 2. The molecule has 1 atom stereocenters. The summed E-state index contributed by atoms with van der Waals surface area (Å²) in [5.74, 6) is 1.26. The first-order valence-corrected chi connectivity index (χ1v) is 7.04. The van der Waals surface area contributed by atoms with Crippen molar-refractivity contribution in [2.45, 2.75) is 19.4 Å². The Kier molecular flexibility index (Phi) is 5.09. The maximum absolute atomic E-state index is 8.79. The van der Waals surface area contributed by atoms with Crippen LogP contribution in [0.1, 0.15) is 18.4 Å². The van der Waals surface area contributed by atoms with Crippen LogP contribution in [0.25, 0.3) is 0 Å². The standard InChI is InChI=1S/C14H20ClN3O2/c1-20-13-5-4-12(15)7-11(13)9-18-6-2-3-10(8-18)14(16)17-19/h4-5,7,10,19H,2-3,6,8-9H2,1H3,(H2,16,17). The number of amidine groups is 1. The highest BCUT2D eigenvalue weighted by molar-refractivity contribution is 6.30. The molecule has 0 saturated carbocycles. The quantitative estimate of drug-likeness (QED) is 0.387. The molecular formula is C14H20ClN3O2. The van der Waals surface area contributed by atoms with Crippen molar-refractivity contribution in [2.24, 2.45) is 16.8 Å². The van der Waals surface area contributed by atoms with Gasteiger partial charge in [-0.25, -0.2) is 0 Å². The van der Waals surface area contributed by atoms with E-state index in [1.54, 1.807) is 7.11 Å². The second-order valence-corrected chi connectivity index (χ2v) is 5.49. The van der Waals surface area contributed by atoms with Gasteiger partial charge in [-0.1, -0.05) is 16.8 Å². The molecule has 1 heterocycles. The first-order chi connectivity index (χ1) is 9.63. The van der Waals surface area contributed by atoms with E-state index in [0.717, 1.165) is 43.8 Å². The molecule has 1 fully saturated rings. The lowest BCUT2D eigenvalue weighted by molar-refractivity contribution is 0.191. The van der Waals surface area contributed by atoms with Crippen LogP contribution >= 0.6 is 11.6 Å². The lowest BCUT2D eigenvalue weighted by Crippen LogP contribution is -2.40. The summed E-state index contributed by atoms with van der Waals surface area (Å²) in [5, 5.41) is 12.6. The van der Waals surface area contributed by atoms with E-state index in [4.69, 9.17) is 27.3 Å². The highest BCUT2D eigenvalue weighted by Gasteiger charge is 2.23. The molecule has 5 nitrogen and oxygen atoms in total. The van der Waals surface area contributed by atoms with Gasteiger partial charge < -0.3 is 15.7 Å². The first-order valence-electron chi connectivity index (χ1n) is 6.66. The van der Waals surface area contributed by atoms with Gasteiger partial charge >= 0.3 is 0 Å². The Bertz CT molecular complexity index is 493. The van der Waals surface area contributed by atoms with Crippen molar-refractivity contribution < 1.29 is 9.94 Å². The average molecular weight is 298 g/mol. The zero-order valence-electron chi connectivity index (χ0n) is 11.6. The molecule has 1 saturated heterocycles. The lowest BCUT2D eigenvalue weighted by atomic mass is 9.96. The third kappa shape index (κ3) is 3.55. The highest BCUT2D eigenvalue weighted by atomic mass is 35.5. The van der Waals surface area contributed by atoms with E-state index < -0.39 is 0 Å². The molecule has 0 bridgehead atoms. The number of ether oxygens (including phenoxy) is 1. The predicted molar refractivity (Wildman–Crippen MR) is 79.4 cm³/mol. The number of hydrogen-bond acceptors (Lipinski definition) is 4. The van der Waals surface area contributed by atoms with E-state index >= 15 is 0 Å². The van der Waals surface area contributed by atoms with E-state index in [1.165, 1.54) is 0 Å². The maximum atomic E-state index is 8.79. The molecular weight excluding hydrogens is 278 g/mol. The second-order valence-electron chi connectivity index (χ2n) is 5.06. The molecule has 2 rings (SSSR count). The van der Waals surface area contributed by atoms with Crippen LogP contribution in [-0.2, 0) is 6.54 Å². The monoisotopic (exact) mass is 297 g/mol.